The Morgan fingerprint density at radius 1 is 1.00 bits per heavy atom. The fraction of sp³-hybridized carbons (Fsp3) is 0.185. The number of hydrogen-bond acceptors (Lipinski definition) is 4. The summed E-state index contributed by atoms with van der Waals surface area (Å²) in [6, 6.07) is 23.9. The maximum atomic E-state index is 14.0. The molecule has 3 aromatic rings. The van der Waals surface area contributed by atoms with Gasteiger partial charge in [-0.1, -0.05) is 72.8 Å². The summed E-state index contributed by atoms with van der Waals surface area (Å²) in [6.45, 7) is 4.42. The Morgan fingerprint density at radius 2 is 1.66 bits per heavy atom. The molecule has 0 bridgehead atoms. The van der Waals surface area contributed by atoms with Crippen LogP contribution in [0.1, 0.15) is 34.3 Å². The Bertz CT molecular complexity index is 1220. The highest BCUT2D eigenvalue weighted by Crippen LogP contribution is 2.52. The van der Waals surface area contributed by atoms with E-state index in [9.17, 15) is 14.7 Å². The van der Waals surface area contributed by atoms with Gasteiger partial charge in [-0.05, 0) is 18.6 Å². The Labute approximate surface area is 187 Å². The number of hydrogen-bond donors (Lipinski definition) is 2. The van der Waals surface area contributed by atoms with Crippen LogP contribution < -0.4 is 10.2 Å². The number of benzene rings is 3. The SMILES string of the molecule is C=CCC1(N2C(=O)C(O)(CC(=O)c3ccccc3)c3ccccc32)CNc2ccccc21. The van der Waals surface area contributed by atoms with Gasteiger partial charge in [-0.15, -0.1) is 6.58 Å². The van der Waals surface area contributed by atoms with E-state index in [1.54, 1.807) is 47.4 Å². The zero-order valence-electron chi connectivity index (χ0n) is 17.6. The van der Waals surface area contributed by atoms with Crippen LogP contribution in [0.3, 0.4) is 0 Å². The Morgan fingerprint density at radius 3 is 2.41 bits per heavy atom. The van der Waals surface area contributed by atoms with Crippen molar-refractivity contribution >= 4 is 23.1 Å². The van der Waals surface area contributed by atoms with Gasteiger partial charge in [0.2, 0.25) is 0 Å². The van der Waals surface area contributed by atoms with E-state index in [0.717, 1.165) is 11.3 Å². The molecule has 32 heavy (non-hydrogen) atoms. The fourth-order valence-corrected chi connectivity index (χ4v) is 5.07. The molecule has 0 aliphatic carbocycles. The summed E-state index contributed by atoms with van der Waals surface area (Å²) in [6.07, 6.45) is 1.98. The number of nitrogens with one attached hydrogen (secondary N) is 1. The van der Waals surface area contributed by atoms with E-state index in [4.69, 9.17) is 0 Å². The molecule has 0 spiro atoms. The zero-order valence-corrected chi connectivity index (χ0v) is 17.6. The number of para-hydroxylation sites is 2. The van der Waals surface area contributed by atoms with Crippen LogP contribution in [0.5, 0.6) is 0 Å². The van der Waals surface area contributed by atoms with Crippen LogP contribution in [0, 0.1) is 0 Å². The first-order valence-corrected chi connectivity index (χ1v) is 10.7. The van der Waals surface area contributed by atoms with Crippen LogP contribution in [0.4, 0.5) is 11.4 Å². The molecule has 0 saturated heterocycles. The predicted octanol–water partition coefficient (Wildman–Crippen LogP) is 4.39. The molecule has 0 fully saturated rings. The lowest BCUT2D eigenvalue weighted by Crippen LogP contribution is -2.53. The van der Waals surface area contributed by atoms with Crippen molar-refractivity contribution < 1.29 is 14.7 Å². The number of Topliss-reactive ketones (excluding diaryl/α,β-unsaturated/α-hetero) is 1. The van der Waals surface area contributed by atoms with Gasteiger partial charge in [0, 0.05) is 28.9 Å². The molecule has 2 N–H and O–H groups in total. The number of ketones is 1. The highest BCUT2D eigenvalue weighted by molar-refractivity contribution is 6.12. The van der Waals surface area contributed by atoms with Crippen molar-refractivity contribution in [3.05, 3.63) is 108 Å². The highest BCUT2D eigenvalue weighted by Gasteiger charge is 2.58. The third-order valence-electron chi connectivity index (χ3n) is 6.57. The number of carbonyl (C=O) groups excluding carboxylic acids is 2. The Hall–Kier alpha value is -3.70. The van der Waals surface area contributed by atoms with E-state index >= 15 is 0 Å². The number of amides is 1. The summed E-state index contributed by atoms with van der Waals surface area (Å²) in [5.41, 5.74) is 0.805. The molecule has 160 valence electrons. The number of nitrogens with zero attached hydrogens (tertiary/aromatic N) is 1. The summed E-state index contributed by atoms with van der Waals surface area (Å²) in [5, 5.41) is 15.2. The lowest BCUT2D eigenvalue weighted by Gasteiger charge is -2.39. The predicted molar refractivity (Wildman–Crippen MR) is 125 cm³/mol. The van der Waals surface area contributed by atoms with Crippen LogP contribution in [0.25, 0.3) is 0 Å². The zero-order chi connectivity index (χ0) is 22.3. The van der Waals surface area contributed by atoms with E-state index < -0.39 is 17.0 Å². The smallest absolute Gasteiger partial charge is 0.265 e. The Kier molecular flexibility index (Phi) is 4.72. The van der Waals surface area contributed by atoms with Crippen molar-refractivity contribution in [2.24, 2.45) is 0 Å². The van der Waals surface area contributed by atoms with Gasteiger partial charge in [0.05, 0.1) is 17.6 Å². The molecule has 3 aromatic carbocycles. The van der Waals surface area contributed by atoms with Gasteiger partial charge >= 0.3 is 0 Å². The molecule has 5 nitrogen and oxygen atoms in total. The lowest BCUT2D eigenvalue weighted by molar-refractivity contribution is -0.137. The average Bonchev–Trinajstić information content (AvgIpc) is 3.29. The second-order valence-electron chi connectivity index (χ2n) is 8.41. The number of carbonyl (C=O) groups is 2. The molecule has 1 amide bonds. The van der Waals surface area contributed by atoms with Crippen molar-refractivity contribution in [1.29, 1.82) is 0 Å². The summed E-state index contributed by atoms with van der Waals surface area (Å²) in [7, 11) is 0. The minimum absolute atomic E-state index is 0.277. The molecule has 5 heteroatoms. The quantitative estimate of drug-likeness (QED) is 0.455. The van der Waals surface area contributed by atoms with Crippen molar-refractivity contribution in [1.82, 2.24) is 0 Å². The monoisotopic (exact) mass is 424 g/mol. The summed E-state index contributed by atoms with van der Waals surface area (Å²) in [4.78, 5) is 28.7. The van der Waals surface area contributed by atoms with Crippen LogP contribution in [-0.4, -0.2) is 23.3 Å². The molecule has 2 aliphatic rings. The molecular formula is C27H24N2O3. The molecular weight excluding hydrogens is 400 g/mol. The van der Waals surface area contributed by atoms with E-state index in [0.29, 0.717) is 29.8 Å². The normalized spacial score (nSPS) is 23.4. The van der Waals surface area contributed by atoms with Gasteiger partial charge in [0.15, 0.2) is 11.4 Å². The van der Waals surface area contributed by atoms with E-state index in [1.165, 1.54) is 0 Å². The minimum atomic E-state index is -1.94. The first-order valence-electron chi connectivity index (χ1n) is 10.7. The van der Waals surface area contributed by atoms with Gasteiger partial charge in [-0.2, -0.15) is 0 Å². The van der Waals surface area contributed by atoms with E-state index in [-0.39, 0.29) is 12.2 Å². The third kappa shape index (κ3) is 2.82. The molecule has 0 saturated carbocycles. The summed E-state index contributed by atoms with van der Waals surface area (Å²) >= 11 is 0. The van der Waals surface area contributed by atoms with Gasteiger partial charge < -0.3 is 10.4 Å². The molecule has 0 radical (unpaired) electrons. The van der Waals surface area contributed by atoms with Crippen LogP contribution in [-0.2, 0) is 15.9 Å². The molecule has 2 atom stereocenters. The van der Waals surface area contributed by atoms with Crippen molar-refractivity contribution in [3.8, 4) is 0 Å². The first-order chi connectivity index (χ1) is 15.5. The molecule has 0 aromatic heterocycles. The largest absolute Gasteiger partial charge is 0.382 e. The number of aliphatic hydroxyl groups is 1. The molecule has 5 rings (SSSR count). The number of rotatable bonds is 6. The summed E-state index contributed by atoms with van der Waals surface area (Å²) in [5.74, 6) is -0.760. The van der Waals surface area contributed by atoms with Crippen LogP contribution in [0.15, 0.2) is 91.5 Å². The number of anilines is 2. The second-order valence-corrected chi connectivity index (χ2v) is 8.41. The fourth-order valence-electron chi connectivity index (χ4n) is 5.07. The molecule has 2 heterocycles. The maximum absolute atomic E-state index is 14.0. The van der Waals surface area contributed by atoms with E-state index in [2.05, 4.69) is 11.9 Å². The van der Waals surface area contributed by atoms with Crippen molar-refractivity contribution in [3.63, 3.8) is 0 Å². The first kappa shape index (κ1) is 20.2. The topological polar surface area (TPSA) is 69.6 Å². The average molecular weight is 425 g/mol. The lowest BCUT2D eigenvalue weighted by atomic mass is 9.85. The van der Waals surface area contributed by atoms with Gasteiger partial charge in [-0.3, -0.25) is 14.5 Å². The van der Waals surface area contributed by atoms with Crippen molar-refractivity contribution in [2.75, 3.05) is 16.8 Å². The standard InChI is InChI=1S/C27H24N2O3/c1-2-16-26(18-28-22-14-8-6-12-20(22)26)29-23-15-9-7-13-21(23)27(32,25(29)31)17-24(30)19-10-4-3-5-11-19/h2-15,28,32H,1,16-18H2. The van der Waals surface area contributed by atoms with E-state index in [1.807, 2.05) is 42.5 Å². The second kappa shape index (κ2) is 7.46. The molecule has 2 unspecified atom stereocenters. The maximum Gasteiger partial charge on any atom is 0.265 e. The third-order valence-corrected chi connectivity index (χ3v) is 6.57. The highest BCUT2D eigenvalue weighted by atomic mass is 16.3. The van der Waals surface area contributed by atoms with Gasteiger partial charge in [0.1, 0.15) is 0 Å². The number of fused-ring (bicyclic) bond motifs is 2. The summed E-state index contributed by atoms with van der Waals surface area (Å²) < 4.78 is 0. The van der Waals surface area contributed by atoms with Crippen LogP contribution >= 0.6 is 0 Å². The Balaban J connectivity index is 1.63. The van der Waals surface area contributed by atoms with Crippen molar-refractivity contribution in [2.45, 2.75) is 24.0 Å². The minimum Gasteiger partial charge on any atom is -0.382 e. The van der Waals surface area contributed by atoms with Gasteiger partial charge in [0.25, 0.3) is 5.91 Å². The van der Waals surface area contributed by atoms with Gasteiger partial charge in [-0.25, -0.2) is 0 Å². The van der Waals surface area contributed by atoms with Crippen LogP contribution in [0.2, 0.25) is 0 Å². The molecule has 2 aliphatic heterocycles.